The van der Waals surface area contributed by atoms with Gasteiger partial charge in [-0.3, -0.25) is 0 Å². The first kappa shape index (κ1) is 19.8. The molecule has 0 atom stereocenters. The quantitative estimate of drug-likeness (QED) is 0.380. The Hall–Kier alpha value is -2.55. The van der Waals surface area contributed by atoms with Crippen LogP contribution in [-0.2, 0) is 10.2 Å². The van der Waals surface area contributed by atoms with E-state index in [1.165, 1.54) is 6.08 Å². The van der Waals surface area contributed by atoms with Gasteiger partial charge in [0, 0.05) is 11.6 Å². The second kappa shape index (κ2) is 8.70. The number of carbonyl (C=O) groups is 1. The predicted octanol–water partition coefficient (Wildman–Crippen LogP) is 5.70. The van der Waals surface area contributed by atoms with Crippen LogP contribution >= 0.6 is 0 Å². The van der Waals surface area contributed by atoms with Crippen molar-refractivity contribution in [3.63, 3.8) is 0 Å². The van der Waals surface area contributed by atoms with Crippen molar-refractivity contribution in [1.29, 1.82) is 0 Å². The first-order valence-corrected chi connectivity index (χ1v) is 9.03. The molecule has 0 unspecified atom stereocenters. The molecule has 26 heavy (non-hydrogen) atoms. The zero-order chi connectivity index (χ0) is 19.2. The Labute approximate surface area is 156 Å². The van der Waals surface area contributed by atoms with E-state index in [1.807, 2.05) is 43.3 Å². The molecule has 0 heterocycles. The predicted molar refractivity (Wildman–Crippen MR) is 107 cm³/mol. The van der Waals surface area contributed by atoms with Crippen LogP contribution in [0, 0.1) is 6.92 Å². The molecule has 2 aromatic rings. The van der Waals surface area contributed by atoms with E-state index in [0.717, 1.165) is 28.9 Å². The summed E-state index contributed by atoms with van der Waals surface area (Å²) in [4.78, 5) is 12.2. The van der Waals surface area contributed by atoms with Gasteiger partial charge in [0.05, 0.1) is 6.61 Å². The van der Waals surface area contributed by atoms with Gasteiger partial charge < -0.3 is 9.47 Å². The van der Waals surface area contributed by atoms with Crippen LogP contribution in [0.25, 0.3) is 6.08 Å². The first-order valence-electron chi connectivity index (χ1n) is 9.03. The molecule has 0 amide bonds. The van der Waals surface area contributed by atoms with Gasteiger partial charge in [0.15, 0.2) is 0 Å². The summed E-state index contributed by atoms with van der Waals surface area (Å²) in [6.45, 7) is 11.1. The first-order chi connectivity index (χ1) is 12.3. The van der Waals surface area contributed by atoms with Crippen molar-refractivity contribution in [3.8, 4) is 11.5 Å². The highest BCUT2D eigenvalue weighted by atomic mass is 16.5. The lowest BCUT2D eigenvalue weighted by atomic mass is 9.85. The summed E-state index contributed by atoms with van der Waals surface area (Å²) >= 11 is 0. The van der Waals surface area contributed by atoms with Gasteiger partial charge in [-0.25, -0.2) is 4.79 Å². The zero-order valence-corrected chi connectivity index (χ0v) is 16.3. The highest BCUT2D eigenvalue weighted by molar-refractivity contribution is 5.89. The number of rotatable bonds is 6. The number of benzene rings is 2. The summed E-state index contributed by atoms with van der Waals surface area (Å²) in [5.74, 6) is 1.06. The monoisotopic (exact) mass is 352 g/mol. The third-order valence-corrected chi connectivity index (χ3v) is 3.92. The van der Waals surface area contributed by atoms with E-state index in [4.69, 9.17) is 9.47 Å². The Morgan fingerprint density at radius 2 is 1.77 bits per heavy atom. The van der Waals surface area contributed by atoms with Crippen molar-refractivity contribution in [2.45, 2.75) is 46.5 Å². The molecular weight excluding hydrogens is 324 g/mol. The van der Waals surface area contributed by atoms with Gasteiger partial charge in [0.2, 0.25) is 0 Å². The highest BCUT2D eigenvalue weighted by Crippen LogP contribution is 2.32. The molecule has 0 bridgehead atoms. The van der Waals surface area contributed by atoms with Crippen LogP contribution in [0.1, 0.15) is 50.8 Å². The Balaban J connectivity index is 2.06. The maximum absolute atomic E-state index is 12.2. The van der Waals surface area contributed by atoms with Crippen LogP contribution in [-0.4, -0.2) is 12.6 Å². The summed E-state index contributed by atoms with van der Waals surface area (Å²) in [6, 6.07) is 13.5. The van der Waals surface area contributed by atoms with Gasteiger partial charge in [-0.1, -0.05) is 57.5 Å². The summed E-state index contributed by atoms with van der Waals surface area (Å²) in [6.07, 6.45) is 4.17. The fourth-order valence-electron chi connectivity index (χ4n) is 2.52. The van der Waals surface area contributed by atoms with Crippen LogP contribution in [0.5, 0.6) is 11.5 Å². The zero-order valence-electron chi connectivity index (χ0n) is 16.3. The summed E-state index contributed by atoms with van der Waals surface area (Å²) in [5, 5.41) is 0. The summed E-state index contributed by atoms with van der Waals surface area (Å²) in [7, 11) is 0. The SMILES string of the molecule is CCCOc1ccc(/C=C/C(=O)Oc2ccc(C)cc2C(C)(C)C)cc1. The van der Waals surface area contributed by atoms with E-state index in [2.05, 4.69) is 33.8 Å². The molecule has 0 aliphatic carbocycles. The van der Waals surface area contributed by atoms with Crippen LogP contribution in [0.3, 0.4) is 0 Å². The Morgan fingerprint density at radius 3 is 2.38 bits per heavy atom. The molecular formula is C23H28O3. The van der Waals surface area contributed by atoms with Gasteiger partial charge in [-0.05, 0) is 48.6 Å². The largest absolute Gasteiger partial charge is 0.494 e. The minimum atomic E-state index is -0.384. The fourth-order valence-corrected chi connectivity index (χ4v) is 2.52. The van der Waals surface area contributed by atoms with E-state index in [9.17, 15) is 4.79 Å². The molecule has 0 spiro atoms. The minimum Gasteiger partial charge on any atom is -0.494 e. The average Bonchev–Trinajstić information content (AvgIpc) is 2.59. The van der Waals surface area contributed by atoms with E-state index in [-0.39, 0.29) is 11.4 Å². The molecule has 2 rings (SSSR count). The number of hydrogen-bond donors (Lipinski definition) is 0. The van der Waals surface area contributed by atoms with Crippen LogP contribution < -0.4 is 9.47 Å². The number of aryl methyl sites for hydroxylation is 1. The van der Waals surface area contributed by atoms with Crippen molar-refractivity contribution in [3.05, 3.63) is 65.2 Å². The normalized spacial score (nSPS) is 11.6. The standard InChI is InChI=1S/C23H28O3/c1-6-15-25-19-11-8-18(9-12-19)10-14-22(24)26-21-13-7-17(2)16-20(21)23(3,4)5/h7-14,16H,6,15H2,1-5H3/b14-10+. The number of ether oxygens (including phenoxy) is 2. The van der Waals surface area contributed by atoms with Crippen molar-refractivity contribution >= 4 is 12.0 Å². The van der Waals surface area contributed by atoms with E-state index in [0.29, 0.717) is 12.4 Å². The van der Waals surface area contributed by atoms with Gasteiger partial charge >= 0.3 is 5.97 Å². The number of esters is 1. The molecule has 2 aromatic carbocycles. The molecule has 138 valence electrons. The minimum absolute atomic E-state index is 0.0976. The molecule has 0 N–H and O–H groups in total. The molecule has 0 fully saturated rings. The average molecular weight is 352 g/mol. The van der Waals surface area contributed by atoms with Crippen molar-refractivity contribution in [2.24, 2.45) is 0 Å². The van der Waals surface area contributed by atoms with Gasteiger partial charge in [0.25, 0.3) is 0 Å². The molecule has 0 radical (unpaired) electrons. The Kier molecular flexibility index (Phi) is 6.62. The van der Waals surface area contributed by atoms with Crippen molar-refractivity contribution in [1.82, 2.24) is 0 Å². The third-order valence-electron chi connectivity index (χ3n) is 3.92. The molecule has 3 nitrogen and oxygen atoms in total. The molecule has 0 aromatic heterocycles. The Morgan fingerprint density at radius 1 is 1.08 bits per heavy atom. The van der Waals surface area contributed by atoms with Gasteiger partial charge in [-0.15, -0.1) is 0 Å². The molecule has 0 aliphatic heterocycles. The highest BCUT2D eigenvalue weighted by Gasteiger charge is 2.20. The maximum Gasteiger partial charge on any atom is 0.336 e. The van der Waals surface area contributed by atoms with Crippen molar-refractivity contribution in [2.75, 3.05) is 6.61 Å². The lowest BCUT2D eigenvalue weighted by Crippen LogP contribution is -2.15. The smallest absolute Gasteiger partial charge is 0.336 e. The number of carbonyl (C=O) groups excluding carboxylic acids is 1. The molecule has 0 aliphatic rings. The maximum atomic E-state index is 12.2. The van der Waals surface area contributed by atoms with E-state index >= 15 is 0 Å². The molecule has 3 heteroatoms. The second-order valence-electron chi connectivity index (χ2n) is 7.42. The van der Waals surface area contributed by atoms with Gasteiger partial charge in [0.1, 0.15) is 11.5 Å². The topological polar surface area (TPSA) is 35.5 Å². The van der Waals surface area contributed by atoms with Crippen LogP contribution in [0.4, 0.5) is 0 Å². The van der Waals surface area contributed by atoms with E-state index in [1.54, 1.807) is 6.08 Å². The van der Waals surface area contributed by atoms with Crippen LogP contribution in [0.2, 0.25) is 0 Å². The summed E-state index contributed by atoms with van der Waals surface area (Å²) < 4.78 is 11.1. The lowest BCUT2D eigenvalue weighted by Gasteiger charge is -2.22. The van der Waals surface area contributed by atoms with Crippen molar-refractivity contribution < 1.29 is 14.3 Å². The third kappa shape index (κ3) is 5.76. The lowest BCUT2D eigenvalue weighted by molar-refractivity contribution is -0.128. The second-order valence-corrected chi connectivity index (χ2v) is 7.42. The van der Waals surface area contributed by atoms with E-state index < -0.39 is 0 Å². The summed E-state index contributed by atoms with van der Waals surface area (Å²) in [5.41, 5.74) is 3.00. The van der Waals surface area contributed by atoms with Gasteiger partial charge in [-0.2, -0.15) is 0 Å². The molecule has 0 saturated heterocycles. The number of hydrogen-bond acceptors (Lipinski definition) is 3. The molecule has 0 saturated carbocycles. The fraction of sp³-hybridized carbons (Fsp3) is 0.348. The van der Waals surface area contributed by atoms with Crippen LogP contribution in [0.15, 0.2) is 48.5 Å². The Bertz CT molecular complexity index is 765.